The molecule has 0 aliphatic carbocycles. The molecule has 2 unspecified atom stereocenters. The van der Waals surface area contributed by atoms with Crippen LogP contribution in [-0.2, 0) is 0 Å². The molecule has 0 radical (unpaired) electrons. The van der Waals surface area contributed by atoms with Gasteiger partial charge in [-0.3, -0.25) is 14.9 Å². The Labute approximate surface area is 242 Å². The summed E-state index contributed by atoms with van der Waals surface area (Å²) >= 11 is 3.69. The zero-order valence-electron chi connectivity index (χ0n) is 22.0. The van der Waals surface area contributed by atoms with Crippen LogP contribution in [0.4, 0.5) is 10.2 Å². The lowest BCUT2D eigenvalue weighted by atomic mass is 9.87. The van der Waals surface area contributed by atoms with Crippen molar-refractivity contribution in [1.29, 1.82) is 0 Å². The number of ether oxygens (including phenoxy) is 1. The first-order chi connectivity index (χ1) is 19.9. The Kier molecular flexibility index (Phi) is 6.18. The number of halogens is 2. The minimum atomic E-state index is -0.446. The van der Waals surface area contributed by atoms with Gasteiger partial charge in [-0.05, 0) is 65.9 Å². The normalized spacial score (nSPS) is 20.1. The summed E-state index contributed by atoms with van der Waals surface area (Å²) in [6, 6.07) is 8.68. The van der Waals surface area contributed by atoms with Crippen molar-refractivity contribution in [3.05, 3.63) is 70.9 Å². The largest absolute Gasteiger partial charge is 0.494 e. The van der Waals surface area contributed by atoms with Crippen molar-refractivity contribution in [2.45, 2.75) is 43.7 Å². The number of anilines is 1. The van der Waals surface area contributed by atoms with Gasteiger partial charge >= 0.3 is 0 Å². The molecule has 2 aliphatic heterocycles. The van der Waals surface area contributed by atoms with Gasteiger partial charge in [-0.1, -0.05) is 6.07 Å². The van der Waals surface area contributed by atoms with Crippen LogP contribution >= 0.6 is 15.9 Å². The molecule has 2 bridgehead atoms. The number of carbonyl (C=O) groups is 1. The molecule has 2 atom stereocenters. The number of piperidine rings is 1. The highest BCUT2D eigenvalue weighted by Crippen LogP contribution is 2.46. The van der Waals surface area contributed by atoms with Crippen LogP contribution in [0.3, 0.4) is 0 Å². The standard InChI is InChI=1S/C28H25BrFN9O2/c1-41-22-7-3-14(10-20(22)30)21-6-2-15(11-32-21)19-12-35-39-25(31)23(29)24(36-27(19)39)16-8-17-4-5-18(9-16)38(17)28(40)26-33-13-34-37-26/h2-3,6-7,10-13,16-18H,4-5,8-9,31H2,1H3,(H,33,34,37). The van der Waals surface area contributed by atoms with Gasteiger partial charge in [-0.2, -0.15) is 14.7 Å². The van der Waals surface area contributed by atoms with Gasteiger partial charge in [0.2, 0.25) is 5.82 Å². The molecular formula is C28H25BrFN9O2. The lowest BCUT2D eigenvalue weighted by Gasteiger charge is -2.38. The Hall–Kier alpha value is -4.39. The molecule has 11 nitrogen and oxygen atoms in total. The fourth-order valence-electron chi connectivity index (χ4n) is 6.20. The highest BCUT2D eigenvalue weighted by Gasteiger charge is 2.45. The second-order valence-corrected chi connectivity index (χ2v) is 11.2. The molecule has 2 fully saturated rings. The monoisotopic (exact) mass is 617 g/mol. The van der Waals surface area contributed by atoms with Crippen LogP contribution in [-0.4, -0.2) is 64.8 Å². The summed E-state index contributed by atoms with van der Waals surface area (Å²) in [7, 11) is 1.43. The van der Waals surface area contributed by atoms with E-state index in [1.807, 2.05) is 17.0 Å². The summed E-state index contributed by atoms with van der Waals surface area (Å²) in [6.07, 6.45) is 8.22. The van der Waals surface area contributed by atoms with E-state index in [4.69, 9.17) is 15.5 Å². The maximum atomic E-state index is 14.2. The average Bonchev–Trinajstić information content (AvgIpc) is 3.73. The van der Waals surface area contributed by atoms with Gasteiger partial charge in [-0.15, -0.1) is 0 Å². The predicted molar refractivity (Wildman–Crippen MR) is 152 cm³/mol. The molecule has 2 saturated heterocycles. The van der Waals surface area contributed by atoms with Crippen LogP contribution in [0.15, 0.2) is 53.5 Å². The number of nitrogens with one attached hydrogen (secondary N) is 1. The van der Waals surface area contributed by atoms with Crippen LogP contribution < -0.4 is 10.5 Å². The lowest BCUT2D eigenvalue weighted by Crippen LogP contribution is -2.46. The average molecular weight is 618 g/mol. The molecule has 13 heteroatoms. The second kappa shape index (κ2) is 9.91. The summed E-state index contributed by atoms with van der Waals surface area (Å²) in [6.45, 7) is 0. The fourth-order valence-corrected chi connectivity index (χ4v) is 6.78. The molecular weight excluding hydrogens is 593 g/mol. The molecule has 3 N–H and O–H groups in total. The van der Waals surface area contributed by atoms with Gasteiger partial charge in [0, 0.05) is 40.9 Å². The molecule has 41 heavy (non-hydrogen) atoms. The Morgan fingerprint density at radius 1 is 1.12 bits per heavy atom. The van der Waals surface area contributed by atoms with E-state index < -0.39 is 5.82 Å². The van der Waals surface area contributed by atoms with Crippen LogP contribution in [0.25, 0.3) is 28.0 Å². The number of aromatic amines is 1. The molecule has 208 valence electrons. The summed E-state index contributed by atoms with van der Waals surface area (Å²) in [4.78, 5) is 28.8. The van der Waals surface area contributed by atoms with Crippen molar-refractivity contribution >= 4 is 33.3 Å². The number of carbonyl (C=O) groups excluding carboxylic acids is 1. The van der Waals surface area contributed by atoms with E-state index in [1.54, 1.807) is 29.0 Å². The van der Waals surface area contributed by atoms with E-state index >= 15 is 0 Å². The Morgan fingerprint density at radius 3 is 2.56 bits per heavy atom. The third kappa shape index (κ3) is 4.22. The van der Waals surface area contributed by atoms with Gasteiger partial charge in [-0.25, -0.2) is 14.4 Å². The van der Waals surface area contributed by atoms with E-state index in [-0.39, 0.29) is 35.5 Å². The number of rotatable bonds is 5. The van der Waals surface area contributed by atoms with Crippen molar-refractivity contribution in [2.24, 2.45) is 0 Å². The number of pyridine rings is 1. The number of nitrogens with zero attached hydrogens (tertiary/aromatic N) is 7. The topological polar surface area (TPSA) is 140 Å². The van der Waals surface area contributed by atoms with Gasteiger partial charge in [0.15, 0.2) is 17.2 Å². The van der Waals surface area contributed by atoms with E-state index in [0.717, 1.165) is 42.5 Å². The number of nitrogen functional groups attached to an aromatic ring is 1. The summed E-state index contributed by atoms with van der Waals surface area (Å²) in [5.74, 6) is 0.469. The highest BCUT2D eigenvalue weighted by molar-refractivity contribution is 9.10. The summed E-state index contributed by atoms with van der Waals surface area (Å²) in [5.41, 5.74) is 10.9. The Balaban J connectivity index is 1.20. The molecule has 4 aromatic heterocycles. The van der Waals surface area contributed by atoms with Crippen LogP contribution in [0, 0.1) is 5.82 Å². The van der Waals surface area contributed by atoms with Crippen LogP contribution in [0.2, 0.25) is 0 Å². The maximum absolute atomic E-state index is 14.2. The molecule has 6 heterocycles. The van der Waals surface area contributed by atoms with Gasteiger partial charge < -0.3 is 15.4 Å². The molecule has 5 aromatic rings. The first-order valence-corrected chi connectivity index (χ1v) is 14.0. The molecule has 7 rings (SSSR count). The number of methoxy groups -OCH3 is 1. The van der Waals surface area contributed by atoms with E-state index in [9.17, 15) is 9.18 Å². The van der Waals surface area contributed by atoms with Crippen molar-refractivity contribution in [3.63, 3.8) is 0 Å². The molecule has 1 amide bonds. The smallest absolute Gasteiger partial charge is 0.291 e. The van der Waals surface area contributed by atoms with E-state index in [1.165, 1.54) is 19.5 Å². The minimum Gasteiger partial charge on any atom is -0.494 e. The molecule has 0 spiro atoms. The zero-order chi connectivity index (χ0) is 28.2. The molecule has 2 aliphatic rings. The Bertz CT molecular complexity index is 1760. The zero-order valence-corrected chi connectivity index (χ0v) is 23.5. The summed E-state index contributed by atoms with van der Waals surface area (Å²) in [5, 5.41) is 11.0. The molecule has 0 saturated carbocycles. The number of hydrogen-bond acceptors (Lipinski definition) is 8. The minimum absolute atomic E-state index is 0.0893. The second-order valence-electron chi connectivity index (χ2n) is 10.4. The Morgan fingerprint density at radius 2 is 1.90 bits per heavy atom. The third-order valence-corrected chi connectivity index (χ3v) is 8.95. The van der Waals surface area contributed by atoms with E-state index in [2.05, 4.69) is 41.2 Å². The lowest BCUT2D eigenvalue weighted by molar-refractivity contribution is 0.0557. The van der Waals surface area contributed by atoms with Gasteiger partial charge in [0.1, 0.15) is 12.1 Å². The van der Waals surface area contributed by atoms with Crippen molar-refractivity contribution < 1.29 is 13.9 Å². The van der Waals surface area contributed by atoms with Crippen molar-refractivity contribution in [3.8, 4) is 28.1 Å². The summed E-state index contributed by atoms with van der Waals surface area (Å²) < 4.78 is 21.6. The van der Waals surface area contributed by atoms with Crippen LogP contribution in [0.5, 0.6) is 5.75 Å². The van der Waals surface area contributed by atoms with E-state index in [0.29, 0.717) is 27.2 Å². The third-order valence-electron chi connectivity index (χ3n) is 8.14. The first-order valence-electron chi connectivity index (χ1n) is 13.2. The van der Waals surface area contributed by atoms with Crippen LogP contribution in [0.1, 0.15) is 47.9 Å². The molecule has 1 aromatic carbocycles. The number of benzene rings is 1. The maximum Gasteiger partial charge on any atom is 0.291 e. The highest BCUT2D eigenvalue weighted by atomic mass is 79.9. The predicted octanol–water partition coefficient (Wildman–Crippen LogP) is 4.62. The number of fused-ring (bicyclic) bond motifs is 3. The number of nitrogens with two attached hydrogens (primary N) is 1. The number of aromatic nitrogens is 7. The number of hydrogen-bond donors (Lipinski definition) is 2. The van der Waals surface area contributed by atoms with Gasteiger partial charge in [0.05, 0.1) is 29.2 Å². The number of H-pyrrole nitrogens is 1. The van der Waals surface area contributed by atoms with Crippen molar-refractivity contribution in [2.75, 3.05) is 12.8 Å². The fraction of sp³-hybridized carbons (Fsp3) is 0.286. The van der Waals surface area contributed by atoms with Gasteiger partial charge in [0.25, 0.3) is 5.91 Å². The quantitative estimate of drug-likeness (QED) is 0.291. The first kappa shape index (κ1) is 25.6. The SMILES string of the molecule is COc1ccc(-c2ccc(-c3cnn4c(N)c(Br)c(C5CC6CCC(C5)N6C(=O)c5ncn[nH]5)nc34)cn2)cc1F. The van der Waals surface area contributed by atoms with Crippen molar-refractivity contribution in [1.82, 2.24) is 39.7 Å². The number of amides is 1.